The van der Waals surface area contributed by atoms with Gasteiger partial charge >= 0.3 is 49.4 Å². The summed E-state index contributed by atoms with van der Waals surface area (Å²) in [7, 11) is 0.628. The summed E-state index contributed by atoms with van der Waals surface area (Å²) in [6.45, 7) is 0.234. The van der Waals surface area contributed by atoms with Gasteiger partial charge in [0.15, 0.2) is 0 Å². The predicted molar refractivity (Wildman–Crippen MR) is 128 cm³/mol. The molecule has 2 aromatic rings. The predicted octanol–water partition coefficient (Wildman–Crippen LogP) is 7.23. The van der Waals surface area contributed by atoms with E-state index in [9.17, 15) is 0 Å². The van der Waals surface area contributed by atoms with E-state index in [4.69, 9.17) is 5.11 Å². The number of aliphatic hydroxyl groups excluding tert-OH is 1. The molecule has 0 fully saturated rings. The number of aryl methyl sites for hydroxylation is 1. The third kappa shape index (κ3) is 18.5. The van der Waals surface area contributed by atoms with Crippen molar-refractivity contribution in [2.75, 3.05) is 6.61 Å². The van der Waals surface area contributed by atoms with Crippen molar-refractivity contribution in [2.45, 2.75) is 20.3 Å². The number of hydrogen-bond donors (Lipinski definition) is 1. The molecular formula is C15H20Br3I2N2OV-. The summed E-state index contributed by atoms with van der Waals surface area (Å²) in [5.41, 5.74) is 1.03. The van der Waals surface area contributed by atoms with Gasteiger partial charge in [-0.25, -0.2) is 4.98 Å². The number of pyridine rings is 2. The molecule has 9 heteroatoms. The molecule has 24 heavy (non-hydrogen) atoms. The Morgan fingerprint density at radius 1 is 0.958 bits per heavy atom. The van der Waals surface area contributed by atoms with Gasteiger partial charge in [-0.2, -0.15) is 0 Å². The molecule has 0 radical (unpaired) electrons. The Balaban J connectivity index is -0.000000303. The van der Waals surface area contributed by atoms with Gasteiger partial charge in [-0.15, -0.1) is 0 Å². The number of hydrogen-bond acceptors (Lipinski definition) is 3. The second kappa shape index (κ2) is 21.0. The summed E-state index contributed by atoms with van der Waals surface area (Å²) in [5, 5.41) is 8.55. The molecule has 0 aliphatic rings. The van der Waals surface area contributed by atoms with Crippen LogP contribution in [0.25, 0.3) is 0 Å². The topological polar surface area (TPSA) is 46.0 Å². The van der Waals surface area contributed by atoms with E-state index in [2.05, 4.69) is 97.7 Å². The molecule has 0 spiro atoms. The first-order valence-corrected chi connectivity index (χ1v) is 17.3. The van der Waals surface area contributed by atoms with E-state index in [1.54, 1.807) is 12.4 Å². The van der Waals surface area contributed by atoms with Crippen molar-refractivity contribution in [2.24, 2.45) is 0 Å². The summed E-state index contributed by atoms with van der Waals surface area (Å²) in [4.78, 5) is 8.11. The molecule has 0 aliphatic heterocycles. The van der Waals surface area contributed by atoms with E-state index in [1.807, 2.05) is 24.3 Å². The molecule has 0 saturated heterocycles. The van der Waals surface area contributed by atoms with Crippen molar-refractivity contribution < 1.29 is 14.6 Å². The van der Waals surface area contributed by atoms with Crippen LogP contribution in [0.2, 0.25) is 0 Å². The van der Waals surface area contributed by atoms with Crippen molar-refractivity contribution in [1.82, 2.24) is 9.97 Å². The second-order valence-electron chi connectivity index (χ2n) is 3.66. The zero-order valence-electron chi connectivity index (χ0n) is 12.3. The molecule has 0 unspecified atom stereocenters. The van der Waals surface area contributed by atoms with E-state index < -0.39 is 0 Å². The molecule has 2 rings (SSSR count). The van der Waals surface area contributed by atoms with Crippen molar-refractivity contribution >= 4 is 87.7 Å². The molecule has 0 bridgehead atoms. The first kappa shape index (κ1) is 30.5. The molecule has 0 aliphatic carbocycles. The van der Waals surface area contributed by atoms with Gasteiger partial charge in [-0.1, -0.05) is 7.43 Å². The fourth-order valence-corrected chi connectivity index (χ4v) is 1.88. The van der Waals surface area contributed by atoms with Gasteiger partial charge in [0.05, 0.1) is 0 Å². The van der Waals surface area contributed by atoms with Gasteiger partial charge < -0.3 is 12.5 Å². The van der Waals surface area contributed by atoms with Gasteiger partial charge in [0.25, 0.3) is 0 Å². The van der Waals surface area contributed by atoms with E-state index in [0.717, 1.165) is 32.1 Å². The number of nitrogens with zero attached hydrogens (tertiary/aromatic N) is 2. The van der Waals surface area contributed by atoms with Gasteiger partial charge in [-0.3, -0.25) is 4.98 Å². The zero-order chi connectivity index (χ0) is 16.8. The standard InChI is InChI=1S/C8H10BrNO.C5H3Br2N.CH4.CH3.2HI.V/c9-7-3-4-8(10-6-7)2-1-5-11;6-4-1-2-5(7)8-3-4;;;;;/h3-4,6,11H,1-2,5H2;1-3H;1H4;1H3;2*1H;/q;;;-1;;;+2/p-2. The Morgan fingerprint density at radius 2 is 1.46 bits per heavy atom. The molecule has 137 valence electrons. The molecule has 2 heterocycles. The number of aliphatic hydroxyl groups is 1. The van der Waals surface area contributed by atoms with E-state index in [-0.39, 0.29) is 21.5 Å². The molecule has 0 saturated carbocycles. The second-order valence-corrected chi connectivity index (χ2v) is 18.1. The Labute approximate surface area is 199 Å². The monoisotopic (exact) mass is 786 g/mol. The van der Waals surface area contributed by atoms with Gasteiger partial charge in [0.2, 0.25) is 0 Å². The van der Waals surface area contributed by atoms with Crippen molar-refractivity contribution in [3.63, 3.8) is 0 Å². The molecule has 1 N–H and O–H groups in total. The Morgan fingerprint density at radius 3 is 1.79 bits per heavy atom. The summed E-state index contributed by atoms with van der Waals surface area (Å²) in [5.74, 6) is 0. The molecule has 2 aromatic heterocycles. The first-order valence-electron chi connectivity index (χ1n) is 5.94. The molecule has 0 amide bonds. The molecule has 0 aromatic carbocycles. The average molecular weight is 789 g/mol. The van der Waals surface area contributed by atoms with Crippen LogP contribution in [0.3, 0.4) is 0 Å². The summed E-state index contributed by atoms with van der Waals surface area (Å²) < 4.78 is 2.85. The summed E-state index contributed by atoms with van der Waals surface area (Å²) in [6.07, 6.45) is 5.15. The Hall–Kier alpha value is 1.74. The fourth-order valence-electron chi connectivity index (χ4n) is 1.17. The summed E-state index contributed by atoms with van der Waals surface area (Å²) in [6, 6.07) is 7.72. The number of aromatic nitrogens is 2. The summed E-state index contributed by atoms with van der Waals surface area (Å²) >= 11 is 14.5. The minimum absolute atomic E-state index is 0. The molecular weight excluding hydrogens is 769 g/mol. The average Bonchev–Trinajstić information content (AvgIpc) is 2.51. The van der Waals surface area contributed by atoms with Crippen LogP contribution in [0.1, 0.15) is 19.5 Å². The third-order valence-corrected chi connectivity index (χ3v) is 3.48. The quantitative estimate of drug-likeness (QED) is 0.203. The van der Waals surface area contributed by atoms with Gasteiger partial charge in [-0.05, 0) is 84.9 Å². The van der Waals surface area contributed by atoms with Crippen LogP contribution in [0.5, 0.6) is 0 Å². The van der Waals surface area contributed by atoms with Crippen molar-refractivity contribution in [3.05, 3.63) is 63.3 Å². The third-order valence-electron chi connectivity index (χ3n) is 2.07. The Kier molecular flexibility index (Phi) is 26.7. The van der Waals surface area contributed by atoms with E-state index in [1.165, 1.54) is 0 Å². The van der Waals surface area contributed by atoms with Crippen molar-refractivity contribution in [1.29, 1.82) is 0 Å². The van der Waals surface area contributed by atoms with Crippen LogP contribution < -0.4 is 0 Å². The van der Waals surface area contributed by atoms with Crippen LogP contribution in [0, 0.1) is 7.43 Å². The van der Waals surface area contributed by atoms with Crippen molar-refractivity contribution in [3.8, 4) is 0 Å². The maximum atomic E-state index is 8.55. The fraction of sp³-hybridized carbons (Fsp3) is 0.267. The van der Waals surface area contributed by atoms with Crippen LogP contribution in [0.4, 0.5) is 0 Å². The number of halogens is 5. The maximum absolute atomic E-state index is 8.55. The van der Waals surface area contributed by atoms with E-state index >= 15 is 0 Å². The normalized spacial score (nSPS) is 8.25. The Bertz CT molecular complexity index is 484. The van der Waals surface area contributed by atoms with Crippen LogP contribution in [-0.4, -0.2) is 21.7 Å². The van der Waals surface area contributed by atoms with Crippen LogP contribution in [-0.2, 0) is 15.9 Å². The van der Waals surface area contributed by atoms with Crippen LogP contribution >= 0.6 is 87.7 Å². The van der Waals surface area contributed by atoms with Gasteiger partial charge in [0.1, 0.15) is 4.60 Å². The first-order chi connectivity index (χ1) is 10.5. The van der Waals surface area contributed by atoms with E-state index in [0.29, 0.717) is 9.47 Å². The molecule has 3 nitrogen and oxygen atoms in total. The minimum atomic E-state index is 0. The van der Waals surface area contributed by atoms with Gasteiger partial charge in [0, 0.05) is 33.6 Å². The zero-order valence-corrected chi connectivity index (χ0v) is 22.7. The SMILES string of the molecule is Brc1ccc(Br)nc1.C.OCCCc1ccc(Br)cn1.[CH3-].[I][V][I]. The van der Waals surface area contributed by atoms with Crippen LogP contribution in [0.15, 0.2) is 50.2 Å². The number of rotatable bonds is 3. The molecule has 0 atom stereocenters.